The van der Waals surface area contributed by atoms with E-state index in [1.54, 1.807) is 24.0 Å². The van der Waals surface area contributed by atoms with Crippen molar-refractivity contribution in [3.8, 4) is 10.4 Å². The van der Waals surface area contributed by atoms with Crippen molar-refractivity contribution in [1.29, 1.82) is 0 Å². The first-order chi connectivity index (χ1) is 11.9. The predicted octanol–water partition coefficient (Wildman–Crippen LogP) is 2.31. The lowest BCUT2D eigenvalue weighted by Gasteiger charge is -2.26. The molecule has 0 radical (unpaired) electrons. The van der Waals surface area contributed by atoms with Crippen molar-refractivity contribution in [1.82, 2.24) is 14.8 Å². The van der Waals surface area contributed by atoms with Gasteiger partial charge >= 0.3 is 0 Å². The summed E-state index contributed by atoms with van der Waals surface area (Å²) in [6.07, 6.45) is 2.45. The van der Waals surface area contributed by atoms with Crippen LogP contribution in [0.1, 0.15) is 30.7 Å². The maximum atomic E-state index is 12.5. The van der Waals surface area contributed by atoms with Crippen molar-refractivity contribution in [2.24, 2.45) is 0 Å². The second-order valence-electron chi connectivity index (χ2n) is 6.05. The van der Waals surface area contributed by atoms with Crippen LogP contribution in [0.15, 0.2) is 20.9 Å². The molecule has 9 heteroatoms. The van der Waals surface area contributed by atoms with E-state index in [4.69, 9.17) is 4.52 Å². The largest absolute Gasteiger partial charge is 0.361 e. The minimum absolute atomic E-state index is 0.0993. The molecule has 3 rings (SSSR count). The molecular weight excluding hydrogens is 362 g/mol. The number of amides is 1. The van der Waals surface area contributed by atoms with E-state index in [9.17, 15) is 13.2 Å². The average molecular weight is 383 g/mol. The van der Waals surface area contributed by atoms with Gasteiger partial charge in [0.05, 0.1) is 11.3 Å². The molecule has 0 spiro atoms. The molecule has 0 atom stereocenters. The lowest BCUT2D eigenvalue weighted by atomic mass is 10.1. The van der Waals surface area contributed by atoms with Gasteiger partial charge in [-0.3, -0.25) is 4.79 Å². The quantitative estimate of drug-likeness (QED) is 0.826. The van der Waals surface area contributed by atoms with Crippen LogP contribution in [-0.2, 0) is 14.8 Å². The summed E-state index contributed by atoms with van der Waals surface area (Å²) in [5, 5.41) is 3.90. The van der Waals surface area contributed by atoms with Crippen LogP contribution in [0, 0.1) is 13.8 Å². The van der Waals surface area contributed by atoms with Gasteiger partial charge in [0.15, 0.2) is 0 Å². The highest BCUT2D eigenvalue weighted by Crippen LogP contribution is 2.34. The minimum Gasteiger partial charge on any atom is -0.361 e. The number of likely N-dealkylation sites (tertiary alicyclic amines) is 1. The number of nitrogens with one attached hydrogen (secondary N) is 1. The SMILES string of the molecule is Cc1noc(C)c1-c1ccc(S(=O)(=O)NCCN2CCCCC2=O)s1. The van der Waals surface area contributed by atoms with E-state index in [0.717, 1.165) is 29.0 Å². The highest BCUT2D eigenvalue weighted by atomic mass is 32.2. The molecule has 0 unspecified atom stereocenters. The first kappa shape index (κ1) is 18.1. The van der Waals surface area contributed by atoms with Gasteiger partial charge in [0, 0.05) is 30.9 Å². The molecule has 3 heterocycles. The Morgan fingerprint density at radius 1 is 1.32 bits per heavy atom. The molecule has 1 N–H and O–H groups in total. The topological polar surface area (TPSA) is 92.5 Å². The third-order valence-electron chi connectivity index (χ3n) is 4.22. The van der Waals surface area contributed by atoms with E-state index in [1.165, 1.54) is 11.3 Å². The summed E-state index contributed by atoms with van der Waals surface area (Å²) < 4.78 is 32.9. The number of aryl methyl sites for hydroxylation is 2. The van der Waals surface area contributed by atoms with Crippen LogP contribution in [0.25, 0.3) is 10.4 Å². The molecule has 1 amide bonds. The molecule has 2 aromatic heterocycles. The van der Waals surface area contributed by atoms with Gasteiger partial charge in [-0.2, -0.15) is 0 Å². The molecular formula is C16H21N3O4S2. The molecule has 136 valence electrons. The summed E-state index contributed by atoms with van der Waals surface area (Å²) in [7, 11) is -3.59. The van der Waals surface area contributed by atoms with Crippen molar-refractivity contribution in [2.75, 3.05) is 19.6 Å². The zero-order chi connectivity index (χ0) is 18.0. The summed E-state index contributed by atoms with van der Waals surface area (Å²) in [6, 6.07) is 3.35. The standard InChI is InChI=1S/C16H21N3O4S2/c1-11-16(12(2)23-18-11)13-6-7-15(24-13)25(21,22)17-8-10-19-9-4-3-5-14(19)20/h6-7,17H,3-5,8-10H2,1-2H3. The molecule has 1 fully saturated rings. The second kappa shape index (κ2) is 7.27. The number of hydrogen-bond acceptors (Lipinski definition) is 6. The average Bonchev–Trinajstić information content (AvgIpc) is 3.16. The van der Waals surface area contributed by atoms with E-state index >= 15 is 0 Å². The van der Waals surface area contributed by atoms with Crippen molar-refractivity contribution in [3.63, 3.8) is 0 Å². The van der Waals surface area contributed by atoms with Gasteiger partial charge in [-0.1, -0.05) is 5.16 Å². The summed E-state index contributed by atoms with van der Waals surface area (Å²) in [4.78, 5) is 14.3. The van der Waals surface area contributed by atoms with Crippen LogP contribution in [-0.4, -0.2) is 44.0 Å². The van der Waals surface area contributed by atoms with Crippen LogP contribution in [0.3, 0.4) is 0 Å². The van der Waals surface area contributed by atoms with Gasteiger partial charge in [-0.05, 0) is 38.8 Å². The van der Waals surface area contributed by atoms with Gasteiger partial charge in [0.25, 0.3) is 0 Å². The third-order valence-corrected chi connectivity index (χ3v) is 7.28. The molecule has 1 saturated heterocycles. The third kappa shape index (κ3) is 3.94. The normalized spacial score (nSPS) is 15.8. The number of carbonyl (C=O) groups is 1. The fourth-order valence-corrected chi connectivity index (χ4v) is 5.43. The lowest BCUT2D eigenvalue weighted by molar-refractivity contribution is -0.133. The summed E-state index contributed by atoms with van der Waals surface area (Å²) in [5.41, 5.74) is 1.57. The Hall–Kier alpha value is -1.71. The van der Waals surface area contributed by atoms with Crippen LogP contribution in [0.5, 0.6) is 0 Å². The van der Waals surface area contributed by atoms with E-state index in [0.29, 0.717) is 25.3 Å². The summed E-state index contributed by atoms with van der Waals surface area (Å²) >= 11 is 1.18. The van der Waals surface area contributed by atoms with Crippen molar-refractivity contribution < 1.29 is 17.7 Å². The van der Waals surface area contributed by atoms with Gasteiger partial charge in [0.1, 0.15) is 9.97 Å². The van der Waals surface area contributed by atoms with Gasteiger partial charge in [0.2, 0.25) is 15.9 Å². The molecule has 0 aromatic carbocycles. The predicted molar refractivity (Wildman–Crippen MR) is 94.9 cm³/mol. The zero-order valence-corrected chi connectivity index (χ0v) is 15.9. The molecule has 2 aromatic rings. The zero-order valence-electron chi connectivity index (χ0n) is 14.2. The Labute approximate surface area is 151 Å². The maximum Gasteiger partial charge on any atom is 0.250 e. The Morgan fingerprint density at radius 2 is 2.12 bits per heavy atom. The Balaban J connectivity index is 1.66. The van der Waals surface area contributed by atoms with Crippen LogP contribution < -0.4 is 4.72 Å². The maximum absolute atomic E-state index is 12.5. The van der Waals surface area contributed by atoms with Crippen LogP contribution >= 0.6 is 11.3 Å². The fourth-order valence-electron chi connectivity index (χ4n) is 2.92. The van der Waals surface area contributed by atoms with Crippen molar-refractivity contribution in [2.45, 2.75) is 37.3 Å². The molecule has 0 saturated carbocycles. The summed E-state index contributed by atoms with van der Waals surface area (Å²) in [5.74, 6) is 0.766. The Morgan fingerprint density at radius 3 is 2.80 bits per heavy atom. The molecule has 0 bridgehead atoms. The van der Waals surface area contributed by atoms with Crippen molar-refractivity contribution >= 4 is 27.3 Å². The Bertz CT molecular complexity index is 850. The molecule has 1 aliphatic heterocycles. The van der Waals surface area contributed by atoms with Crippen molar-refractivity contribution in [3.05, 3.63) is 23.6 Å². The van der Waals surface area contributed by atoms with E-state index in [2.05, 4.69) is 9.88 Å². The van der Waals surface area contributed by atoms with E-state index in [-0.39, 0.29) is 16.7 Å². The number of carbonyl (C=O) groups excluding carboxylic acids is 1. The number of piperidine rings is 1. The number of sulfonamides is 1. The fraction of sp³-hybridized carbons (Fsp3) is 0.500. The monoisotopic (exact) mass is 383 g/mol. The first-order valence-corrected chi connectivity index (χ1v) is 10.5. The Kier molecular flexibility index (Phi) is 5.26. The van der Waals surface area contributed by atoms with Gasteiger partial charge < -0.3 is 9.42 Å². The minimum atomic E-state index is -3.59. The van der Waals surface area contributed by atoms with E-state index in [1.807, 2.05) is 6.92 Å². The van der Waals surface area contributed by atoms with Crippen LogP contribution in [0.4, 0.5) is 0 Å². The number of hydrogen-bond donors (Lipinski definition) is 1. The molecule has 25 heavy (non-hydrogen) atoms. The van der Waals surface area contributed by atoms with Gasteiger partial charge in [-0.25, -0.2) is 13.1 Å². The molecule has 7 nitrogen and oxygen atoms in total. The smallest absolute Gasteiger partial charge is 0.250 e. The lowest BCUT2D eigenvalue weighted by Crippen LogP contribution is -2.40. The van der Waals surface area contributed by atoms with Crippen LogP contribution in [0.2, 0.25) is 0 Å². The highest BCUT2D eigenvalue weighted by Gasteiger charge is 2.22. The number of thiophene rings is 1. The number of nitrogens with zero attached hydrogens (tertiary/aromatic N) is 2. The number of rotatable bonds is 6. The van der Waals surface area contributed by atoms with Gasteiger partial charge in [-0.15, -0.1) is 11.3 Å². The van der Waals surface area contributed by atoms with E-state index < -0.39 is 10.0 Å². The second-order valence-corrected chi connectivity index (χ2v) is 9.13. The highest BCUT2D eigenvalue weighted by molar-refractivity contribution is 7.91. The number of aromatic nitrogens is 1. The molecule has 0 aliphatic carbocycles. The first-order valence-electron chi connectivity index (χ1n) is 8.19. The summed E-state index contributed by atoms with van der Waals surface area (Å²) in [6.45, 7) is 4.95. The molecule has 1 aliphatic rings.